The zero-order valence-electron chi connectivity index (χ0n) is 5.94. The molecule has 0 bridgehead atoms. The largest absolute Gasteiger partial charge is 0.480 e. The second-order valence-electron chi connectivity index (χ2n) is 2.08. The van der Waals surface area contributed by atoms with Gasteiger partial charge in [-0.1, -0.05) is 0 Å². The predicted molar refractivity (Wildman–Crippen MR) is 44.3 cm³/mol. The van der Waals surface area contributed by atoms with Crippen LogP contribution in [0.4, 0.5) is 0 Å². The van der Waals surface area contributed by atoms with Crippen LogP contribution >= 0.6 is 15.9 Å². The van der Waals surface area contributed by atoms with Crippen LogP contribution in [0.3, 0.4) is 0 Å². The normalized spacial score (nSPS) is 12.5. The maximum absolute atomic E-state index is 10.4. The van der Waals surface area contributed by atoms with Crippen LogP contribution in [0, 0.1) is 0 Å². The summed E-state index contributed by atoms with van der Waals surface area (Å²) in [5.41, 5.74) is 5.25. The molecule has 12 heavy (non-hydrogen) atoms. The molecule has 0 radical (unpaired) electrons. The van der Waals surface area contributed by atoms with Gasteiger partial charge in [-0.25, -0.2) is 9.97 Å². The zero-order valence-corrected chi connectivity index (χ0v) is 7.52. The molecule has 1 heterocycles. The first-order valence-electron chi connectivity index (χ1n) is 3.07. The van der Waals surface area contributed by atoms with Gasteiger partial charge in [0.1, 0.15) is 0 Å². The summed E-state index contributed by atoms with van der Waals surface area (Å²) in [5.74, 6) is -1.04. The quantitative estimate of drug-likeness (QED) is 0.766. The van der Waals surface area contributed by atoms with Crippen molar-refractivity contribution in [3.8, 4) is 0 Å². The van der Waals surface area contributed by atoms with E-state index in [9.17, 15) is 4.79 Å². The fraction of sp³-hybridized carbons (Fsp3) is 0.167. The average molecular weight is 232 g/mol. The van der Waals surface area contributed by atoms with Gasteiger partial charge in [0.05, 0.1) is 4.47 Å². The van der Waals surface area contributed by atoms with Crippen LogP contribution in [0.1, 0.15) is 11.9 Å². The number of hydrogen-bond donors (Lipinski definition) is 2. The lowest BCUT2D eigenvalue weighted by Gasteiger charge is -2.02. The van der Waals surface area contributed by atoms with Crippen molar-refractivity contribution in [3.63, 3.8) is 0 Å². The summed E-state index contributed by atoms with van der Waals surface area (Å²) in [7, 11) is 0. The molecule has 3 N–H and O–H groups in total. The van der Waals surface area contributed by atoms with Crippen molar-refractivity contribution >= 4 is 21.9 Å². The maximum Gasteiger partial charge on any atom is 0.328 e. The zero-order chi connectivity index (χ0) is 9.14. The highest BCUT2D eigenvalue weighted by Gasteiger charge is 2.16. The number of nitrogens with two attached hydrogens (primary N) is 1. The van der Waals surface area contributed by atoms with Crippen LogP contribution in [0.25, 0.3) is 0 Å². The molecule has 6 heteroatoms. The Hall–Kier alpha value is -1.01. The monoisotopic (exact) mass is 231 g/mol. The number of aliphatic carboxylic acids is 1. The van der Waals surface area contributed by atoms with Crippen LogP contribution in [0.15, 0.2) is 16.9 Å². The van der Waals surface area contributed by atoms with Crippen LogP contribution in [-0.2, 0) is 4.79 Å². The van der Waals surface area contributed by atoms with Gasteiger partial charge in [0.2, 0.25) is 0 Å². The lowest BCUT2D eigenvalue weighted by molar-refractivity contribution is -0.138. The van der Waals surface area contributed by atoms with Crippen molar-refractivity contribution in [2.45, 2.75) is 6.04 Å². The van der Waals surface area contributed by atoms with Crippen molar-refractivity contribution in [1.82, 2.24) is 9.97 Å². The Morgan fingerprint density at radius 2 is 2.08 bits per heavy atom. The first-order chi connectivity index (χ1) is 5.61. The van der Waals surface area contributed by atoms with Gasteiger partial charge in [-0.2, -0.15) is 0 Å². The SMILES string of the molecule is NC(C(=O)O)c1ncc(Br)cn1. The lowest BCUT2D eigenvalue weighted by atomic mass is 10.3. The van der Waals surface area contributed by atoms with E-state index in [2.05, 4.69) is 25.9 Å². The second kappa shape index (κ2) is 3.59. The van der Waals surface area contributed by atoms with Gasteiger partial charge >= 0.3 is 5.97 Å². The third-order valence-electron chi connectivity index (χ3n) is 1.18. The third-order valence-corrected chi connectivity index (χ3v) is 1.59. The van der Waals surface area contributed by atoms with E-state index in [4.69, 9.17) is 10.8 Å². The van der Waals surface area contributed by atoms with Crippen molar-refractivity contribution in [3.05, 3.63) is 22.7 Å². The molecule has 0 fully saturated rings. The van der Waals surface area contributed by atoms with Crippen molar-refractivity contribution < 1.29 is 9.90 Å². The predicted octanol–water partition coefficient (Wildman–Crippen LogP) is 0.323. The molecule has 1 rings (SSSR count). The lowest BCUT2D eigenvalue weighted by Crippen LogP contribution is -2.22. The Morgan fingerprint density at radius 1 is 1.58 bits per heavy atom. The van der Waals surface area contributed by atoms with Crippen molar-refractivity contribution in [1.29, 1.82) is 0 Å². The van der Waals surface area contributed by atoms with E-state index in [-0.39, 0.29) is 5.82 Å². The Labute approximate surface area is 76.8 Å². The first kappa shape index (κ1) is 9.08. The van der Waals surface area contributed by atoms with Gasteiger partial charge in [0.25, 0.3) is 0 Å². The van der Waals surface area contributed by atoms with Crippen LogP contribution < -0.4 is 5.73 Å². The Morgan fingerprint density at radius 3 is 2.50 bits per heavy atom. The highest BCUT2D eigenvalue weighted by Crippen LogP contribution is 2.08. The second-order valence-corrected chi connectivity index (χ2v) is 2.99. The Bertz CT molecular complexity index is 287. The summed E-state index contributed by atoms with van der Waals surface area (Å²) in [5, 5.41) is 8.49. The molecule has 0 amide bonds. The number of carboxylic acid groups (broad SMARTS) is 1. The van der Waals surface area contributed by atoms with E-state index in [1.807, 2.05) is 0 Å². The molecular weight excluding hydrogens is 226 g/mol. The van der Waals surface area contributed by atoms with Gasteiger partial charge in [0.15, 0.2) is 11.9 Å². The number of nitrogens with zero attached hydrogens (tertiary/aromatic N) is 2. The molecule has 0 aliphatic carbocycles. The smallest absolute Gasteiger partial charge is 0.328 e. The fourth-order valence-electron chi connectivity index (χ4n) is 0.593. The standard InChI is InChI=1S/C6H6BrN3O2/c7-3-1-9-5(10-2-3)4(8)6(11)12/h1-2,4H,8H2,(H,11,12). The number of carboxylic acids is 1. The van der Waals surface area contributed by atoms with Crippen LogP contribution in [0.2, 0.25) is 0 Å². The minimum absolute atomic E-state index is 0.103. The van der Waals surface area contributed by atoms with Gasteiger partial charge in [-0.15, -0.1) is 0 Å². The van der Waals surface area contributed by atoms with E-state index in [1.54, 1.807) is 0 Å². The summed E-state index contributed by atoms with van der Waals surface area (Å²) in [6.07, 6.45) is 2.90. The van der Waals surface area contributed by atoms with E-state index in [0.717, 1.165) is 0 Å². The summed E-state index contributed by atoms with van der Waals surface area (Å²) < 4.78 is 0.684. The number of rotatable bonds is 2. The molecule has 0 spiro atoms. The third kappa shape index (κ3) is 1.99. The molecule has 0 aliphatic rings. The molecule has 1 aromatic heterocycles. The summed E-state index contributed by atoms with van der Waals surface area (Å²) in [4.78, 5) is 17.8. The Kier molecular flexibility index (Phi) is 2.72. The molecule has 5 nitrogen and oxygen atoms in total. The van der Waals surface area contributed by atoms with Crippen LogP contribution in [-0.4, -0.2) is 21.0 Å². The van der Waals surface area contributed by atoms with E-state index in [1.165, 1.54) is 12.4 Å². The Balaban J connectivity index is 2.89. The number of halogens is 1. The molecule has 64 valence electrons. The van der Waals surface area contributed by atoms with Crippen molar-refractivity contribution in [2.24, 2.45) is 5.73 Å². The van der Waals surface area contributed by atoms with Crippen molar-refractivity contribution in [2.75, 3.05) is 0 Å². The van der Waals surface area contributed by atoms with E-state index >= 15 is 0 Å². The topological polar surface area (TPSA) is 89.1 Å². The molecule has 0 saturated carbocycles. The highest BCUT2D eigenvalue weighted by atomic mass is 79.9. The summed E-state index contributed by atoms with van der Waals surface area (Å²) in [6, 6.07) is -1.15. The van der Waals surface area contributed by atoms with Crippen LogP contribution in [0.5, 0.6) is 0 Å². The molecule has 1 atom stereocenters. The van der Waals surface area contributed by atoms with Gasteiger partial charge < -0.3 is 10.8 Å². The molecule has 1 unspecified atom stereocenters. The molecule has 0 aliphatic heterocycles. The highest BCUT2D eigenvalue weighted by molar-refractivity contribution is 9.10. The fourth-order valence-corrected chi connectivity index (χ4v) is 0.798. The van der Waals surface area contributed by atoms with E-state index < -0.39 is 12.0 Å². The number of carbonyl (C=O) groups is 1. The minimum atomic E-state index is -1.15. The van der Waals surface area contributed by atoms with Gasteiger partial charge in [-0.05, 0) is 15.9 Å². The first-order valence-corrected chi connectivity index (χ1v) is 3.86. The molecule has 0 saturated heterocycles. The average Bonchev–Trinajstić information content (AvgIpc) is 2.04. The molecule has 1 aromatic rings. The summed E-state index contributed by atoms with van der Waals surface area (Å²) >= 11 is 3.12. The van der Waals surface area contributed by atoms with Gasteiger partial charge in [0, 0.05) is 12.4 Å². The van der Waals surface area contributed by atoms with Gasteiger partial charge in [-0.3, -0.25) is 4.79 Å². The van der Waals surface area contributed by atoms with E-state index in [0.29, 0.717) is 4.47 Å². The summed E-state index contributed by atoms with van der Waals surface area (Å²) in [6.45, 7) is 0. The maximum atomic E-state index is 10.4. The minimum Gasteiger partial charge on any atom is -0.480 e. The number of aromatic nitrogens is 2. The molecular formula is C6H6BrN3O2. The number of hydrogen-bond acceptors (Lipinski definition) is 4. The molecule has 0 aromatic carbocycles.